The minimum atomic E-state index is -0.493. The van der Waals surface area contributed by atoms with E-state index in [2.05, 4.69) is 30.2 Å². The highest BCUT2D eigenvalue weighted by Gasteiger charge is 2.16. The molecule has 0 fully saturated rings. The lowest BCUT2D eigenvalue weighted by atomic mass is 10.1. The van der Waals surface area contributed by atoms with Gasteiger partial charge in [0.1, 0.15) is 5.60 Å². The summed E-state index contributed by atoms with van der Waals surface area (Å²) in [6.07, 6.45) is -0.434. The second-order valence-electron chi connectivity index (χ2n) is 6.31. The molecule has 0 aliphatic carbocycles. The van der Waals surface area contributed by atoms with E-state index in [0.717, 1.165) is 16.6 Å². The summed E-state index contributed by atoms with van der Waals surface area (Å²) in [4.78, 5) is 15.1. The van der Waals surface area contributed by atoms with Gasteiger partial charge in [0.15, 0.2) is 0 Å². The third-order valence-corrected chi connectivity index (χ3v) is 2.91. The van der Waals surface area contributed by atoms with Crippen molar-refractivity contribution in [3.63, 3.8) is 0 Å². The predicted molar refractivity (Wildman–Crippen MR) is 82.2 cm³/mol. The van der Waals surface area contributed by atoms with Crippen LogP contribution in [0.1, 0.15) is 46.2 Å². The minimum absolute atomic E-state index is 0.434. The van der Waals surface area contributed by atoms with E-state index in [1.165, 1.54) is 5.69 Å². The maximum absolute atomic E-state index is 11.7. The summed E-state index contributed by atoms with van der Waals surface area (Å²) in [5.41, 5.74) is 2.51. The Balaban J connectivity index is 2.17. The highest BCUT2D eigenvalue weighted by atomic mass is 16.6. The second-order valence-corrected chi connectivity index (χ2v) is 6.31. The Morgan fingerprint density at radius 2 is 1.95 bits per heavy atom. The van der Waals surface area contributed by atoms with E-state index in [-0.39, 0.29) is 0 Å². The molecule has 0 aliphatic rings. The van der Waals surface area contributed by atoms with E-state index in [0.29, 0.717) is 5.92 Å². The SMILES string of the molecule is CC(C)c1cc2cc(NC(=O)OC(C)(C)C)ccc2[nH]1. The number of benzene rings is 1. The molecule has 0 unspecified atom stereocenters. The molecule has 2 N–H and O–H groups in total. The van der Waals surface area contributed by atoms with Crippen LogP contribution in [0, 0.1) is 0 Å². The van der Waals surface area contributed by atoms with Gasteiger partial charge in [0.2, 0.25) is 0 Å². The van der Waals surface area contributed by atoms with Gasteiger partial charge in [0.25, 0.3) is 0 Å². The Hall–Kier alpha value is -1.97. The first-order chi connectivity index (χ1) is 9.24. The van der Waals surface area contributed by atoms with Gasteiger partial charge in [-0.3, -0.25) is 5.32 Å². The van der Waals surface area contributed by atoms with Gasteiger partial charge in [-0.05, 0) is 51.0 Å². The van der Waals surface area contributed by atoms with Gasteiger partial charge < -0.3 is 9.72 Å². The van der Waals surface area contributed by atoms with Crippen molar-refractivity contribution in [2.24, 2.45) is 0 Å². The third kappa shape index (κ3) is 3.53. The monoisotopic (exact) mass is 274 g/mol. The summed E-state index contributed by atoms with van der Waals surface area (Å²) in [7, 11) is 0. The summed E-state index contributed by atoms with van der Waals surface area (Å²) in [5, 5.41) is 3.84. The van der Waals surface area contributed by atoms with E-state index < -0.39 is 11.7 Å². The van der Waals surface area contributed by atoms with Crippen molar-refractivity contribution in [2.45, 2.75) is 46.1 Å². The fraction of sp³-hybridized carbons (Fsp3) is 0.438. The van der Waals surface area contributed by atoms with E-state index in [9.17, 15) is 4.79 Å². The molecule has 0 atom stereocenters. The van der Waals surface area contributed by atoms with Crippen molar-refractivity contribution in [1.82, 2.24) is 4.98 Å². The van der Waals surface area contributed by atoms with Crippen molar-refractivity contribution in [2.75, 3.05) is 5.32 Å². The van der Waals surface area contributed by atoms with Crippen LogP contribution in [0.15, 0.2) is 24.3 Å². The fourth-order valence-corrected chi connectivity index (χ4v) is 1.97. The topological polar surface area (TPSA) is 54.1 Å². The number of hydrogen-bond donors (Lipinski definition) is 2. The molecule has 1 aromatic carbocycles. The zero-order valence-corrected chi connectivity index (χ0v) is 12.7. The number of fused-ring (bicyclic) bond motifs is 1. The van der Waals surface area contributed by atoms with Crippen molar-refractivity contribution in [3.8, 4) is 0 Å². The van der Waals surface area contributed by atoms with Gasteiger partial charge in [0, 0.05) is 22.3 Å². The summed E-state index contributed by atoms with van der Waals surface area (Å²) in [6.45, 7) is 9.82. The van der Waals surface area contributed by atoms with Crippen LogP contribution in [0.25, 0.3) is 10.9 Å². The molecule has 2 rings (SSSR count). The van der Waals surface area contributed by atoms with Crippen LogP contribution in [-0.2, 0) is 4.74 Å². The van der Waals surface area contributed by atoms with Crippen LogP contribution in [0.5, 0.6) is 0 Å². The van der Waals surface area contributed by atoms with Gasteiger partial charge >= 0.3 is 6.09 Å². The molecular formula is C16H22N2O2. The van der Waals surface area contributed by atoms with Gasteiger partial charge in [-0.25, -0.2) is 4.79 Å². The van der Waals surface area contributed by atoms with Crippen LogP contribution >= 0.6 is 0 Å². The third-order valence-electron chi connectivity index (χ3n) is 2.91. The number of ether oxygens (including phenoxy) is 1. The summed E-state index contributed by atoms with van der Waals surface area (Å²) >= 11 is 0. The molecule has 108 valence electrons. The van der Waals surface area contributed by atoms with Crippen molar-refractivity contribution in [3.05, 3.63) is 30.0 Å². The van der Waals surface area contributed by atoms with E-state index in [1.807, 2.05) is 39.0 Å². The van der Waals surface area contributed by atoms with Crippen molar-refractivity contribution in [1.29, 1.82) is 0 Å². The number of carbonyl (C=O) groups is 1. The first kappa shape index (κ1) is 14.4. The van der Waals surface area contributed by atoms with Crippen LogP contribution < -0.4 is 5.32 Å². The summed E-state index contributed by atoms with van der Waals surface area (Å²) < 4.78 is 5.24. The Morgan fingerprint density at radius 1 is 1.25 bits per heavy atom. The van der Waals surface area contributed by atoms with Crippen LogP contribution in [0.2, 0.25) is 0 Å². The van der Waals surface area contributed by atoms with Crippen molar-refractivity contribution >= 4 is 22.7 Å². The summed E-state index contributed by atoms with van der Waals surface area (Å²) in [5.74, 6) is 0.449. The predicted octanol–water partition coefficient (Wildman–Crippen LogP) is 4.64. The molecule has 4 nitrogen and oxygen atoms in total. The lowest BCUT2D eigenvalue weighted by molar-refractivity contribution is 0.0636. The highest BCUT2D eigenvalue weighted by Crippen LogP contribution is 2.24. The standard InChI is InChI=1S/C16H22N2O2/c1-10(2)14-9-11-8-12(6-7-13(11)18-14)17-15(19)20-16(3,4)5/h6-10,18H,1-5H3,(H,17,19). The Labute approximate surface area is 119 Å². The fourth-order valence-electron chi connectivity index (χ4n) is 1.97. The van der Waals surface area contributed by atoms with Gasteiger partial charge in [-0.15, -0.1) is 0 Å². The second kappa shape index (κ2) is 5.19. The highest BCUT2D eigenvalue weighted by molar-refractivity contribution is 5.90. The molecule has 0 aliphatic heterocycles. The number of nitrogens with one attached hydrogen (secondary N) is 2. The zero-order valence-electron chi connectivity index (χ0n) is 12.7. The van der Waals surface area contributed by atoms with Crippen LogP contribution in [0.4, 0.5) is 10.5 Å². The van der Waals surface area contributed by atoms with E-state index in [1.54, 1.807) is 0 Å². The molecule has 1 aromatic heterocycles. The number of rotatable bonds is 2. The largest absolute Gasteiger partial charge is 0.444 e. The lowest BCUT2D eigenvalue weighted by Crippen LogP contribution is -2.27. The van der Waals surface area contributed by atoms with Gasteiger partial charge in [0.05, 0.1) is 0 Å². The smallest absolute Gasteiger partial charge is 0.412 e. The lowest BCUT2D eigenvalue weighted by Gasteiger charge is -2.19. The van der Waals surface area contributed by atoms with E-state index in [4.69, 9.17) is 4.74 Å². The van der Waals surface area contributed by atoms with Crippen LogP contribution in [-0.4, -0.2) is 16.7 Å². The molecular weight excluding hydrogens is 252 g/mol. The molecule has 20 heavy (non-hydrogen) atoms. The van der Waals surface area contributed by atoms with Crippen molar-refractivity contribution < 1.29 is 9.53 Å². The molecule has 0 saturated heterocycles. The molecule has 0 spiro atoms. The zero-order chi connectivity index (χ0) is 14.9. The molecule has 4 heteroatoms. The average Bonchev–Trinajstić information content (AvgIpc) is 2.69. The molecule has 0 bridgehead atoms. The molecule has 1 heterocycles. The Kier molecular flexibility index (Phi) is 3.75. The number of H-pyrrole nitrogens is 1. The average molecular weight is 274 g/mol. The summed E-state index contributed by atoms with van der Waals surface area (Å²) in [6, 6.07) is 7.89. The van der Waals surface area contributed by atoms with Gasteiger partial charge in [-0.2, -0.15) is 0 Å². The molecule has 2 aromatic rings. The number of aromatic amines is 1. The Morgan fingerprint density at radius 3 is 2.55 bits per heavy atom. The number of amides is 1. The molecule has 1 amide bonds. The Bertz CT molecular complexity index is 621. The normalized spacial score (nSPS) is 11.9. The maximum Gasteiger partial charge on any atom is 0.412 e. The number of anilines is 1. The number of hydrogen-bond acceptors (Lipinski definition) is 2. The first-order valence-electron chi connectivity index (χ1n) is 6.87. The molecule has 0 saturated carbocycles. The minimum Gasteiger partial charge on any atom is -0.444 e. The maximum atomic E-state index is 11.7. The molecule has 0 radical (unpaired) electrons. The quantitative estimate of drug-likeness (QED) is 0.838. The van der Waals surface area contributed by atoms with Crippen LogP contribution in [0.3, 0.4) is 0 Å². The number of carbonyl (C=O) groups excluding carboxylic acids is 1. The van der Waals surface area contributed by atoms with E-state index >= 15 is 0 Å². The van der Waals surface area contributed by atoms with Gasteiger partial charge in [-0.1, -0.05) is 13.8 Å². The first-order valence-corrected chi connectivity index (χ1v) is 6.87. The number of aromatic nitrogens is 1.